The number of hydrogen-bond donors (Lipinski definition) is 1. The monoisotopic (exact) mass is 353 g/mol. The maximum atomic E-state index is 13.1. The Labute approximate surface area is 149 Å². The van der Waals surface area contributed by atoms with Crippen molar-refractivity contribution < 1.29 is 9.53 Å². The summed E-state index contributed by atoms with van der Waals surface area (Å²) in [4.78, 5) is 31.2. The van der Waals surface area contributed by atoms with Gasteiger partial charge < -0.3 is 14.2 Å². The average molecular weight is 353 g/mol. The quantitative estimate of drug-likeness (QED) is 0.747. The number of aromatic amines is 1. The van der Waals surface area contributed by atoms with Gasteiger partial charge in [-0.15, -0.1) is 0 Å². The maximum Gasteiger partial charge on any atom is 0.275 e. The first-order valence-electron chi connectivity index (χ1n) is 8.43. The molecule has 3 heterocycles. The van der Waals surface area contributed by atoms with E-state index in [1.807, 2.05) is 24.7 Å². The zero-order valence-electron chi connectivity index (χ0n) is 14.6. The summed E-state index contributed by atoms with van der Waals surface area (Å²) in [5.74, 6) is 0.566. The van der Waals surface area contributed by atoms with Crippen molar-refractivity contribution in [3.05, 3.63) is 58.0 Å². The lowest BCUT2D eigenvalue weighted by Crippen LogP contribution is -2.43. The summed E-state index contributed by atoms with van der Waals surface area (Å²) in [7, 11) is 1.91. The third-order valence-corrected chi connectivity index (χ3v) is 4.57. The number of aryl methyl sites for hydroxylation is 2. The van der Waals surface area contributed by atoms with E-state index >= 15 is 0 Å². The van der Waals surface area contributed by atoms with E-state index in [1.165, 1.54) is 0 Å². The zero-order valence-corrected chi connectivity index (χ0v) is 14.6. The summed E-state index contributed by atoms with van der Waals surface area (Å²) in [6.45, 7) is 3.20. The summed E-state index contributed by atoms with van der Waals surface area (Å²) in [6, 6.07) is 6.98. The number of imidazole rings is 1. The van der Waals surface area contributed by atoms with E-state index in [1.54, 1.807) is 29.2 Å². The molecule has 1 amide bonds. The number of nitrogens with zero attached hydrogens (tertiary/aromatic N) is 4. The summed E-state index contributed by atoms with van der Waals surface area (Å²) >= 11 is 0. The number of carbonyl (C=O) groups is 1. The molecule has 1 aliphatic heterocycles. The molecule has 1 saturated heterocycles. The number of amides is 1. The lowest BCUT2D eigenvalue weighted by Gasteiger charge is -2.32. The van der Waals surface area contributed by atoms with E-state index in [4.69, 9.17) is 4.74 Å². The fraction of sp³-hybridized carbons (Fsp3) is 0.333. The fourth-order valence-electron chi connectivity index (χ4n) is 3.35. The number of aromatic nitrogens is 4. The molecule has 4 rings (SSSR count). The van der Waals surface area contributed by atoms with Crippen molar-refractivity contribution in [3.63, 3.8) is 0 Å². The number of morpholine rings is 1. The minimum absolute atomic E-state index is 0.225. The van der Waals surface area contributed by atoms with Crippen molar-refractivity contribution in [1.82, 2.24) is 24.6 Å². The molecule has 0 aliphatic carbocycles. The normalized spacial score (nSPS) is 17.6. The van der Waals surface area contributed by atoms with Crippen LogP contribution in [0.4, 0.5) is 0 Å². The smallest absolute Gasteiger partial charge is 0.275 e. The van der Waals surface area contributed by atoms with Gasteiger partial charge in [-0.05, 0) is 13.0 Å². The number of rotatable bonds is 2. The number of fused-ring (bicyclic) bond motifs is 1. The highest BCUT2D eigenvalue weighted by atomic mass is 16.5. The standard InChI is InChI=1S/C18H19N5O3/c1-11-9-22(2)16(19-11)14-10-23(7-8-26-14)18(25)15-12-5-3-4-6-13(12)17(24)21-20-15/h3-6,9,14H,7-8,10H2,1-2H3,(H,21,24)/t14-/m1/s1. The van der Waals surface area contributed by atoms with Gasteiger partial charge in [0.2, 0.25) is 0 Å². The third-order valence-electron chi connectivity index (χ3n) is 4.57. The SMILES string of the molecule is Cc1cn(C)c([C@H]2CN(C(=O)c3n[nH]c(=O)c4ccccc34)CCO2)n1. The molecular weight excluding hydrogens is 334 g/mol. The van der Waals surface area contributed by atoms with E-state index in [2.05, 4.69) is 15.2 Å². The van der Waals surface area contributed by atoms with Crippen LogP contribution in [0.5, 0.6) is 0 Å². The Hall–Kier alpha value is -3.00. The largest absolute Gasteiger partial charge is 0.367 e. The summed E-state index contributed by atoms with van der Waals surface area (Å²) in [5, 5.41) is 7.44. The van der Waals surface area contributed by atoms with Crippen LogP contribution in [0.3, 0.4) is 0 Å². The highest BCUT2D eigenvalue weighted by molar-refractivity contribution is 6.04. The number of ether oxygens (including phenoxy) is 1. The van der Waals surface area contributed by atoms with E-state index < -0.39 is 0 Å². The predicted octanol–water partition coefficient (Wildman–Crippen LogP) is 1.18. The van der Waals surface area contributed by atoms with Crippen molar-refractivity contribution in [1.29, 1.82) is 0 Å². The van der Waals surface area contributed by atoms with Crippen LogP contribution in [0.1, 0.15) is 28.1 Å². The van der Waals surface area contributed by atoms with Gasteiger partial charge in [-0.25, -0.2) is 10.1 Å². The second-order valence-electron chi connectivity index (χ2n) is 6.41. The molecule has 3 aromatic rings. The molecule has 2 aromatic heterocycles. The Bertz CT molecular complexity index is 1040. The minimum Gasteiger partial charge on any atom is -0.367 e. The van der Waals surface area contributed by atoms with Crippen LogP contribution in [-0.2, 0) is 11.8 Å². The molecular formula is C18H19N5O3. The van der Waals surface area contributed by atoms with Crippen LogP contribution in [-0.4, -0.2) is 50.3 Å². The first kappa shape index (κ1) is 16.5. The molecule has 0 saturated carbocycles. The van der Waals surface area contributed by atoms with Gasteiger partial charge in [0, 0.05) is 25.2 Å². The Morgan fingerprint density at radius 2 is 2.08 bits per heavy atom. The van der Waals surface area contributed by atoms with Crippen molar-refractivity contribution in [2.75, 3.05) is 19.7 Å². The molecule has 0 bridgehead atoms. The minimum atomic E-state index is -0.305. The summed E-state index contributed by atoms with van der Waals surface area (Å²) in [5.41, 5.74) is 0.847. The molecule has 1 fully saturated rings. The first-order chi connectivity index (χ1) is 12.5. The highest BCUT2D eigenvalue weighted by Gasteiger charge is 2.30. The molecule has 8 heteroatoms. The van der Waals surface area contributed by atoms with Crippen molar-refractivity contribution in [2.45, 2.75) is 13.0 Å². The molecule has 8 nitrogen and oxygen atoms in total. The van der Waals surface area contributed by atoms with Gasteiger partial charge in [0.1, 0.15) is 11.9 Å². The average Bonchev–Trinajstić information content (AvgIpc) is 3.00. The van der Waals surface area contributed by atoms with Crippen molar-refractivity contribution in [2.24, 2.45) is 7.05 Å². The molecule has 0 radical (unpaired) electrons. The summed E-state index contributed by atoms with van der Waals surface area (Å²) < 4.78 is 7.74. The molecule has 1 aliphatic rings. The topological polar surface area (TPSA) is 93.1 Å². The molecule has 0 unspecified atom stereocenters. The Morgan fingerprint density at radius 3 is 2.81 bits per heavy atom. The van der Waals surface area contributed by atoms with Gasteiger partial charge in [-0.1, -0.05) is 18.2 Å². The van der Waals surface area contributed by atoms with E-state index in [9.17, 15) is 9.59 Å². The second kappa shape index (κ2) is 6.38. The van der Waals surface area contributed by atoms with Crippen LogP contribution >= 0.6 is 0 Å². The zero-order chi connectivity index (χ0) is 18.3. The van der Waals surface area contributed by atoms with Gasteiger partial charge in [-0.2, -0.15) is 5.10 Å². The van der Waals surface area contributed by atoms with Gasteiger partial charge in [0.15, 0.2) is 5.69 Å². The number of carbonyl (C=O) groups excluding carboxylic acids is 1. The maximum absolute atomic E-state index is 13.1. The molecule has 134 valence electrons. The second-order valence-corrected chi connectivity index (χ2v) is 6.41. The fourth-order valence-corrected chi connectivity index (χ4v) is 3.35. The number of hydrogen-bond acceptors (Lipinski definition) is 5. The number of H-pyrrole nitrogens is 1. The van der Waals surface area contributed by atoms with Crippen LogP contribution in [0.25, 0.3) is 10.8 Å². The lowest BCUT2D eigenvalue weighted by atomic mass is 10.1. The molecule has 1 atom stereocenters. The van der Waals surface area contributed by atoms with E-state index in [0.717, 1.165) is 11.5 Å². The van der Waals surface area contributed by atoms with Gasteiger partial charge in [0.25, 0.3) is 11.5 Å². The number of nitrogens with one attached hydrogen (secondary N) is 1. The third kappa shape index (κ3) is 2.78. The highest BCUT2D eigenvalue weighted by Crippen LogP contribution is 2.23. The predicted molar refractivity (Wildman–Crippen MR) is 94.9 cm³/mol. The molecule has 1 N–H and O–H groups in total. The van der Waals surface area contributed by atoms with Gasteiger partial charge in [0.05, 0.1) is 24.2 Å². The number of benzene rings is 1. The molecule has 0 spiro atoms. The van der Waals surface area contributed by atoms with Crippen LogP contribution in [0.2, 0.25) is 0 Å². The van der Waals surface area contributed by atoms with Crippen LogP contribution in [0.15, 0.2) is 35.3 Å². The van der Waals surface area contributed by atoms with Gasteiger partial charge in [-0.3, -0.25) is 9.59 Å². The van der Waals surface area contributed by atoms with Crippen LogP contribution < -0.4 is 5.56 Å². The molecule has 26 heavy (non-hydrogen) atoms. The van der Waals surface area contributed by atoms with Crippen molar-refractivity contribution in [3.8, 4) is 0 Å². The lowest BCUT2D eigenvalue weighted by molar-refractivity contribution is -0.0280. The summed E-state index contributed by atoms with van der Waals surface area (Å²) in [6.07, 6.45) is 1.64. The Kier molecular flexibility index (Phi) is 4.04. The van der Waals surface area contributed by atoms with Crippen molar-refractivity contribution >= 4 is 16.7 Å². The van der Waals surface area contributed by atoms with E-state index in [0.29, 0.717) is 30.5 Å². The Balaban J connectivity index is 1.66. The first-order valence-corrected chi connectivity index (χ1v) is 8.43. The van der Waals surface area contributed by atoms with E-state index in [-0.39, 0.29) is 23.3 Å². The van der Waals surface area contributed by atoms with Crippen LogP contribution in [0, 0.1) is 6.92 Å². The molecule has 1 aromatic carbocycles. The van der Waals surface area contributed by atoms with Gasteiger partial charge >= 0.3 is 0 Å². The Morgan fingerprint density at radius 1 is 1.31 bits per heavy atom.